The van der Waals surface area contributed by atoms with Gasteiger partial charge in [-0.1, -0.05) is 36.4 Å². The molecule has 0 bridgehead atoms. The van der Waals surface area contributed by atoms with Crippen LogP contribution >= 0.6 is 11.6 Å². The van der Waals surface area contributed by atoms with E-state index in [1.54, 1.807) is 37.3 Å². The molecule has 0 heterocycles. The van der Waals surface area contributed by atoms with Gasteiger partial charge in [0.1, 0.15) is 18.1 Å². The van der Waals surface area contributed by atoms with Crippen molar-refractivity contribution in [2.75, 3.05) is 6.61 Å². The zero-order valence-corrected chi connectivity index (χ0v) is 14.6. The Bertz CT molecular complexity index is 745. The lowest BCUT2D eigenvalue weighted by Gasteiger charge is -2.13. The summed E-state index contributed by atoms with van der Waals surface area (Å²) >= 11 is 5.81. The van der Waals surface area contributed by atoms with Gasteiger partial charge in [-0.05, 0) is 43.3 Å². The molecule has 2 aromatic carbocycles. The molecule has 0 fully saturated rings. The van der Waals surface area contributed by atoms with Crippen molar-refractivity contribution in [2.24, 2.45) is 5.10 Å². The minimum Gasteiger partial charge on any atom is -0.489 e. The molecule has 0 radical (unpaired) electrons. The number of carbonyl (C=O) groups is 1. The maximum atomic E-state index is 12.0. The van der Waals surface area contributed by atoms with Gasteiger partial charge in [-0.3, -0.25) is 4.79 Å². The number of nitrogens with one attached hydrogen (secondary N) is 1. The van der Waals surface area contributed by atoms with Gasteiger partial charge < -0.3 is 9.47 Å². The number of benzene rings is 2. The molecule has 5 nitrogen and oxygen atoms in total. The van der Waals surface area contributed by atoms with Crippen LogP contribution in [0, 0.1) is 0 Å². The van der Waals surface area contributed by atoms with Crippen LogP contribution in [0.5, 0.6) is 11.5 Å². The van der Waals surface area contributed by atoms with Crippen molar-refractivity contribution in [3.8, 4) is 11.5 Å². The third-order valence-corrected chi connectivity index (χ3v) is 3.40. The maximum absolute atomic E-state index is 12.0. The highest BCUT2D eigenvalue weighted by atomic mass is 35.5. The molecule has 0 aromatic heterocycles. The van der Waals surface area contributed by atoms with Gasteiger partial charge >= 0.3 is 0 Å². The minimum atomic E-state index is -0.703. The average molecular weight is 359 g/mol. The van der Waals surface area contributed by atoms with E-state index in [0.717, 1.165) is 5.56 Å². The molecule has 0 aliphatic heterocycles. The monoisotopic (exact) mass is 358 g/mol. The Balaban J connectivity index is 1.91. The number of rotatable bonds is 8. The van der Waals surface area contributed by atoms with Gasteiger partial charge in [0.05, 0.1) is 6.21 Å². The van der Waals surface area contributed by atoms with Crippen molar-refractivity contribution in [3.05, 3.63) is 71.8 Å². The van der Waals surface area contributed by atoms with E-state index in [1.807, 2.05) is 24.3 Å². The fraction of sp³-hybridized carbons (Fsp3) is 0.158. The molecule has 1 amide bonds. The standard InChI is InChI=1S/C19H19ClN2O3/c1-3-12-24-18-7-5-4-6-15(18)13-21-22-19(23)14(2)25-17-10-8-16(20)9-11-17/h3-11,13-14H,1,12H2,2H3,(H,22,23)/b21-13+/t14-/m0/s1. The van der Waals surface area contributed by atoms with Crippen molar-refractivity contribution in [3.63, 3.8) is 0 Å². The first kappa shape index (κ1) is 18.5. The molecule has 2 rings (SSSR count). The van der Waals surface area contributed by atoms with E-state index in [1.165, 1.54) is 6.21 Å². The van der Waals surface area contributed by atoms with Gasteiger partial charge in [0.25, 0.3) is 5.91 Å². The average Bonchev–Trinajstić information content (AvgIpc) is 2.62. The van der Waals surface area contributed by atoms with E-state index in [2.05, 4.69) is 17.1 Å². The summed E-state index contributed by atoms with van der Waals surface area (Å²) < 4.78 is 11.1. The molecule has 1 atom stereocenters. The summed E-state index contributed by atoms with van der Waals surface area (Å²) in [6, 6.07) is 14.2. The van der Waals surface area contributed by atoms with E-state index in [-0.39, 0.29) is 5.91 Å². The Hall–Kier alpha value is -2.79. The predicted octanol–water partition coefficient (Wildman–Crippen LogP) is 3.82. The molecule has 0 spiro atoms. The second kappa shape index (κ2) is 9.49. The van der Waals surface area contributed by atoms with Crippen LogP contribution in [0.3, 0.4) is 0 Å². The normalized spacial score (nSPS) is 11.8. The van der Waals surface area contributed by atoms with Crippen LogP contribution in [0.15, 0.2) is 66.3 Å². The fourth-order valence-electron chi connectivity index (χ4n) is 1.89. The molecule has 130 valence electrons. The highest BCUT2D eigenvalue weighted by Gasteiger charge is 2.13. The van der Waals surface area contributed by atoms with Gasteiger partial charge in [0.2, 0.25) is 0 Å². The van der Waals surface area contributed by atoms with Crippen molar-refractivity contribution in [2.45, 2.75) is 13.0 Å². The number of amides is 1. The first-order chi connectivity index (χ1) is 12.1. The Morgan fingerprint density at radius 2 is 2.00 bits per heavy atom. The highest BCUT2D eigenvalue weighted by molar-refractivity contribution is 6.30. The summed E-state index contributed by atoms with van der Waals surface area (Å²) in [6.45, 7) is 5.64. The Morgan fingerprint density at radius 1 is 1.28 bits per heavy atom. The number of hydrogen-bond acceptors (Lipinski definition) is 4. The van der Waals surface area contributed by atoms with E-state index in [4.69, 9.17) is 21.1 Å². The number of halogens is 1. The number of hydrogen-bond donors (Lipinski definition) is 1. The SMILES string of the molecule is C=CCOc1ccccc1/C=N/NC(=O)[C@H](C)Oc1ccc(Cl)cc1. The summed E-state index contributed by atoms with van der Waals surface area (Å²) in [5.41, 5.74) is 3.20. The smallest absolute Gasteiger partial charge is 0.280 e. The Morgan fingerprint density at radius 3 is 2.72 bits per heavy atom. The van der Waals surface area contributed by atoms with Crippen molar-refractivity contribution < 1.29 is 14.3 Å². The minimum absolute atomic E-state index is 0.365. The third-order valence-electron chi connectivity index (χ3n) is 3.15. The Labute approximate surface area is 151 Å². The van der Waals surface area contributed by atoms with Gasteiger partial charge in [0.15, 0.2) is 6.10 Å². The summed E-state index contributed by atoms with van der Waals surface area (Å²) in [6.07, 6.45) is 2.47. The molecule has 0 aliphatic carbocycles. The largest absolute Gasteiger partial charge is 0.489 e. The maximum Gasteiger partial charge on any atom is 0.280 e. The molecule has 1 N–H and O–H groups in total. The van der Waals surface area contributed by atoms with E-state index >= 15 is 0 Å². The second-order valence-corrected chi connectivity index (χ2v) is 5.52. The lowest BCUT2D eigenvalue weighted by molar-refractivity contribution is -0.127. The fourth-order valence-corrected chi connectivity index (χ4v) is 2.02. The van der Waals surface area contributed by atoms with Crippen LogP contribution < -0.4 is 14.9 Å². The first-order valence-electron chi connectivity index (χ1n) is 7.68. The quantitative estimate of drug-likeness (QED) is 0.443. The predicted molar refractivity (Wildman–Crippen MR) is 99.4 cm³/mol. The number of ether oxygens (including phenoxy) is 2. The number of hydrazone groups is 1. The summed E-state index contributed by atoms with van der Waals surface area (Å²) in [5.74, 6) is 0.848. The molecule has 25 heavy (non-hydrogen) atoms. The topological polar surface area (TPSA) is 59.9 Å². The van der Waals surface area contributed by atoms with E-state index in [9.17, 15) is 4.79 Å². The van der Waals surface area contributed by atoms with Crippen molar-refractivity contribution in [1.82, 2.24) is 5.43 Å². The lowest BCUT2D eigenvalue weighted by atomic mass is 10.2. The lowest BCUT2D eigenvalue weighted by Crippen LogP contribution is -2.33. The molecule has 0 unspecified atom stereocenters. The number of nitrogens with zero attached hydrogens (tertiary/aromatic N) is 1. The van der Waals surface area contributed by atoms with Crippen molar-refractivity contribution >= 4 is 23.7 Å². The van der Waals surface area contributed by atoms with Crippen LogP contribution in [0.2, 0.25) is 5.02 Å². The number of carbonyl (C=O) groups excluding carboxylic acids is 1. The van der Waals surface area contributed by atoms with E-state index in [0.29, 0.717) is 23.1 Å². The highest BCUT2D eigenvalue weighted by Crippen LogP contribution is 2.17. The van der Waals surface area contributed by atoms with E-state index < -0.39 is 6.10 Å². The van der Waals surface area contributed by atoms with Crippen LogP contribution in [0.25, 0.3) is 0 Å². The molecule has 2 aromatic rings. The van der Waals surface area contributed by atoms with Crippen LogP contribution in [-0.4, -0.2) is 24.8 Å². The molecule has 6 heteroatoms. The van der Waals surface area contributed by atoms with Gasteiger partial charge in [-0.2, -0.15) is 5.10 Å². The molecular formula is C19H19ClN2O3. The zero-order chi connectivity index (χ0) is 18.1. The molecule has 0 saturated carbocycles. The summed E-state index contributed by atoms with van der Waals surface area (Å²) in [4.78, 5) is 12.0. The molecule has 0 saturated heterocycles. The first-order valence-corrected chi connectivity index (χ1v) is 8.06. The van der Waals surface area contributed by atoms with Crippen molar-refractivity contribution in [1.29, 1.82) is 0 Å². The summed E-state index contributed by atoms with van der Waals surface area (Å²) in [7, 11) is 0. The summed E-state index contributed by atoms with van der Waals surface area (Å²) in [5, 5.41) is 4.56. The molecular weight excluding hydrogens is 340 g/mol. The second-order valence-electron chi connectivity index (χ2n) is 5.09. The third kappa shape index (κ3) is 5.97. The van der Waals surface area contributed by atoms with Crippen LogP contribution in [-0.2, 0) is 4.79 Å². The van der Waals surface area contributed by atoms with Gasteiger partial charge in [-0.15, -0.1) is 0 Å². The zero-order valence-electron chi connectivity index (χ0n) is 13.8. The van der Waals surface area contributed by atoms with Gasteiger partial charge in [-0.25, -0.2) is 5.43 Å². The van der Waals surface area contributed by atoms with Crippen LogP contribution in [0.4, 0.5) is 0 Å². The molecule has 0 aliphatic rings. The Kier molecular flexibility index (Phi) is 7.04. The van der Waals surface area contributed by atoms with Crippen LogP contribution in [0.1, 0.15) is 12.5 Å². The number of para-hydroxylation sites is 1. The van der Waals surface area contributed by atoms with Gasteiger partial charge in [0, 0.05) is 10.6 Å².